The minimum absolute atomic E-state index is 0.567. The second kappa shape index (κ2) is 9.96. The number of hydrogen-bond donors (Lipinski definition) is 2. The fourth-order valence-corrected chi connectivity index (χ4v) is 1.20. The smallest absolute Gasteiger partial charge is 0.0466 e. The average molecular weight is 188 g/mol. The van der Waals surface area contributed by atoms with Gasteiger partial charge in [-0.15, -0.1) is 0 Å². The van der Waals surface area contributed by atoms with Crippen LogP contribution in [0.15, 0.2) is 0 Å². The van der Waals surface area contributed by atoms with Gasteiger partial charge in [0.15, 0.2) is 0 Å². The van der Waals surface area contributed by atoms with Gasteiger partial charge in [0, 0.05) is 25.8 Å². The lowest BCUT2D eigenvalue weighted by molar-refractivity contribution is 0.143. The van der Waals surface area contributed by atoms with Crippen LogP contribution in [-0.4, -0.2) is 39.4 Å². The van der Waals surface area contributed by atoms with Crippen LogP contribution in [0.5, 0.6) is 0 Å². The highest BCUT2D eigenvalue weighted by Gasteiger charge is 1.97. The fourth-order valence-electron chi connectivity index (χ4n) is 1.20. The lowest BCUT2D eigenvalue weighted by Gasteiger charge is -2.12. The third-order valence-corrected chi connectivity index (χ3v) is 1.92. The number of nitrogens with one attached hydrogen (secondary N) is 2. The first-order chi connectivity index (χ1) is 6.31. The van der Waals surface area contributed by atoms with Crippen LogP contribution in [0.25, 0.3) is 0 Å². The molecule has 0 bridgehead atoms. The van der Waals surface area contributed by atoms with E-state index in [1.54, 1.807) is 0 Å². The van der Waals surface area contributed by atoms with Gasteiger partial charge in [-0.2, -0.15) is 0 Å². The molecule has 0 aliphatic heterocycles. The van der Waals surface area contributed by atoms with Crippen LogP contribution in [0.2, 0.25) is 0 Å². The minimum Gasteiger partial charge on any atom is -0.382 e. The molecule has 0 aromatic carbocycles. The molecule has 80 valence electrons. The van der Waals surface area contributed by atoms with E-state index in [4.69, 9.17) is 4.74 Å². The SMILES string of the molecule is CCOCCCCNC(C)CNC. The Morgan fingerprint density at radius 1 is 1.31 bits per heavy atom. The van der Waals surface area contributed by atoms with Gasteiger partial charge in [0.05, 0.1) is 0 Å². The summed E-state index contributed by atoms with van der Waals surface area (Å²) in [7, 11) is 1.98. The molecular weight excluding hydrogens is 164 g/mol. The van der Waals surface area contributed by atoms with Crippen molar-refractivity contribution in [2.75, 3.05) is 33.4 Å². The van der Waals surface area contributed by atoms with E-state index in [1.807, 2.05) is 14.0 Å². The molecule has 0 heterocycles. The highest BCUT2D eigenvalue weighted by Crippen LogP contribution is 1.89. The van der Waals surface area contributed by atoms with Gasteiger partial charge in [0.25, 0.3) is 0 Å². The molecular formula is C10H24N2O. The molecule has 0 radical (unpaired) electrons. The topological polar surface area (TPSA) is 33.3 Å². The maximum Gasteiger partial charge on any atom is 0.0466 e. The Bertz CT molecular complexity index is 98.9. The average Bonchev–Trinajstić information content (AvgIpc) is 2.11. The third kappa shape index (κ3) is 9.80. The lowest BCUT2D eigenvalue weighted by atomic mass is 10.3. The van der Waals surface area contributed by atoms with E-state index in [1.165, 1.54) is 6.42 Å². The minimum atomic E-state index is 0.567. The van der Waals surface area contributed by atoms with Crippen molar-refractivity contribution in [1.82, 2.24) is 10.6 Å². The van der Waals surface area contributed by atoms with E-state index in [0.29, 0.717) is 6.04 Å². The summed E-state index contributed by atoms with van der Waals surface area (Å²) >= 11 is 0. The zero-order valence-electron chi connectivity index (χ0n) is 9.23. The molecule has 3 nitrogen and oxygen atoms in total. The molecule has 0 amide bonds. The molecule has 2 N–H and O–H groups in total. The van der Waals surface area contributed by atoms with E-state index < -0.39 is 0 Å². The molecule has 13 heavy (non-hydrogen) atoms. The standard InChI is InChI=1S/C10H24N2O/c1-4-13-8-6-5-7-12-10(2)9-11-3/h10-12H,4-9H2,1-3H3. The van der Waals surface area contributed by atoms with Crippen molar-refractivity contribution in [1.29, 1.82) is 0 Å². The molecule has 0 saturated carbocycles. The summed E-state index contributed by atoms with van der Waals surface area (Å²) in [5.74, 6) is 0. The van der Waals surface area contributed by atoms with Crippen molar-refractivity contribution < 1.29 is 4.74 Å². The summed E-state index contributed by atoms with van der Waals surface area (Å²) in [5.41, 5.74) is 0. The van der Waals surface area contributed by atoms with E-state index in [9.17, 15) is 0 Å². The molecule has 0 spiro atoms. The summed E-state index contributed by atoms with van der Waals surface area (Å²) < 4.78 is 5.25. The van der Waals surface area contributed by atoms with E-state index >= 15 is 0 Å². The number of ether oxygens (including phenoxy) is 1. The zero-order valence-corrected chi connectivity index (χ0v) is 9.23. The molecule has 0 aromatic heterocycles. The molecule has 1 atom stereocenters. The van der Waals surface area contributed by atoms with Crippen molar-refractivity contribution in [3.8, 4) is 0 Å². The summed E-state index contributed by atoms with van der Waals surface area (Å²) in [6.07, 6.45) is 2.36. The van der Waals surface area contributed by atoms with Gasteiger partial charge in [0.1, 0.15) is 0 Å². The fraction of sp³-hybridized carbons (Fsp3) is 1.00. The van der Waals surface area contributed by atoms with Crippen LogP contribution < -0.4 is 10.6 Å². The summed E-state index contributed by atoms with van der Waals surface area (Å²) in [4.78, 5) is 0. The van der Waals surface area contributed by atoms with E-state index in [2.05, 4.69) is 17.6 Å². The van der Waals surface area contributed by atoms with Gasteiger partial charge in [-0.25, -0.2) is 0 Å². The van der Waals surface area contributed by atoms with E-state index in [0.717, 1.165) is 32.7 Å². The van der Waals surface area contributed by atoms with Gasteiger partial charge >= 0.3 is 0 Å². The van der Waals surface area contributed by atoms with Crippen LogP contribution in [0.1, 0.15) is 26.7 Å². The van der Waals surface area contributed by atoms with Crippen LogP contribution in [0.3, 0.4) is 0 Å². The molecule has 3 heteroatoms. The normalized spacial score (nSPS) is 13.2. The predicted octanol–water partition coefficient (Wildman–Crippen LogP) is 1.00. The second-order valence-corrected chi connectivity index (χ2v) is 3.32. The molecule has 0 fully saturated rings. The van der Waals surface area contributed by atoms with Crippen LogP contribution in [0, 0.1) is 0 Å². The summed E-state index contributed by atoms with van der Waals surface area (Å²) in [6.45, 7) is 8.09. The number of unbranched alkanes of at least 4 members (excludes halogenated alkanes) is 1. The van der Waals surface area contributed by atoms with Crippen molar-refractivity contribution in [2.45, 2.75) is 32.7 Å². The van der Waals surface area contributed by atoms with Crippen molar-refractivity contribution in [3.63, 3.8) is 0 Å². The number of likely N-dealkylation sites (N-methyl/N-ethyl adjacent to an activating group) is 1. The predicted molar refractivity (Wildman–Crippen MR) is 57.1 cm³/mol. The lowest BCUT2D eigenvalue weighted by Crippen LogP contribution is -2.35. The summed E-state index contributed by atoms with van der Waals surface area (Å²) in [5, 5.41) is 6.58. The number of rotatable bonds is 9. The zero-order chi connectivity index (χ0) is 9.94. The van der Waals surface area contributed by atoms with Gasteiger partial charge in [-0.3, -0.25) is 0 Å². The van der Waals surface area contributed by atoms with Gasteiger partial charge in [0.2, 0.25) is 0 Å². The van der Waals surface area contributed by atoms with Crippen molar-refractivity contribution in [3.05, 3.63) is 0 Å². The highest BCUT2D eigenvalue weighted by molar-refractivity contribution is 4.61. The Labute approximate surface area is 82.2 Å². The van der Waals surface area contributed by atoms with Gasteiger partial charge in [-0.1, -0.05) is 0 Å². The van der Waals surface area contributed by atoms with Gasteiger partial charge in [-0.05, 0) is 40.3 Å². The van der Waals surface area contributed by atoms with Crippen LogP contribution >= 0.6 is 0 Å². The first-order valence-electron chi connectivity index (χ1n) is 5.27. The maximum atomic E-state index is 5.25. The third-order valence-electron chi connectivity index (χ3n) is 1.92. The second-order valence-electron chi connectivity index (χ2n) is 3.32. The molecule has 0 aromatic rings. The van der Waals surface area contributed by atoms with Gasteiger partial charge < -0.3 is 15.4 Å². The Morgan fingerprint density at radius 2 is 2.08 bits per heavy atom. The van der Waals surface area contributed by atoms with Crippen molar-refractivity contribution in [2.24, 2.45) is 0 Å². The molecule has 0 aliphatic carbocycles. The van der Waals surface area contributed by atoms with Crippen LogP contribution in [0.4, 0.5) is 0 Å². The van der Waals surface area contributed by atoms with E-state index in [-0.39, 0.29) is 0 Å². The Kier molecular flexibility index (Phi) is 9.87. The molecule has 0 aliphatic rings. The molecule has 0 rings (SSSR count). The first kappa shape index (κ1) is 12.9. The quantitative estimate of drug-likeness (QED) is 0.530. The largest absolute Gasteiger partial charge is 0.382 e. The summed E-state index contributed by atoms with van der Waals surface area (Å²) in [6, 6.07) is 0.567. The highest BCUT2D eigenvalue weighted by atomic mass is 16.5. The van der Waals surface area contributed by atoms with Crippen LogP contribution in [-0.2, 0) is 4.74 Å². The Hall–Kier alpha value is -0.120. The molecule has 1 unspecified atom stereocenters. The van der Waals surface area contributed by atoms with Crippen molar-refractivity contribution >= 4 is 0 Å². The Morgan fingerprint density at radius 3 is 2.69 bits per heavy atom. The monoisotopic (exact) mass is 188 g/mol. The maximum absolute atomic E-state index is 5.25. The molecule has 0 saturated heterocycles. The Balaban J connectivity index is 2.97. The number of hydrogen-bond acceptors (Lipinski definition) is 3. The first-order valence-corrected chi connectivity index (χ1v) is 5.27.